The second-order valence-electron chi connectivity index (χ2n) is 6.67. The van der Waals surface area contributed by atoms with Crippen LogP contribution in [0.2, 0.25) is 0 Å². The van der Waals surface area contributed by atoms with E-state index in [1.165, 1.54) is 6.07 Å². The van der Waals surface area contributed by atoms with E-state index >= 15 is 0 Å². The number of hydrogen-bond donors (Lipinski definition) is 3. The van der Waals surface area contributed by atoms with Gasteiger partial charge in [-0.15, -0.1) is 16.4 Å². The maximum Gasteiger partial charge on any atom is 0.271 e. The normalized spacial score (nSPS) is 11.2. The largest absolute Gasteiger partial charge is 0.496 e. The van der Waals surface area contributed by atoms with Crippen molar-refractivity contribution in [3.05, 3.63) is 71.6 Å². The Kier molecular flexibility index (Phi) is 6.19. The standard InChI is InChI=1S/C21H19N5O4S2/c1-30-17-6-3-2-5-16(17)20-23-21(25-24-20)22-18(27)13-14-8-10-15(11-9-14)26-32(28,29)19-7-4-12-31-19/h2-12,26H,13H2,1H3,(H2,22,23,24,25,27). The Morgan fingerprint density at radius 3 is 2.59 bits per heavy atom. The molecule has 0 bridgehead atoms. The molecule has 9 nitrogen and oxygen atoms in total. The van der Waals surface area contributed by atoms with Crippen LogP contribution in [0.4, 0.5) is 11.6 Å². The number of benzene rings is 2. The average molecular weight is 470 g/mol. The van der Waals surface area contributed by atoms with Crippen LogP contribution in [0.1, 0.15) is 5.56 Å². The maximum atomic E-state index is 12.4. The highest BCUT2D eigenvalue weighted by Gasteiger charge is 2.16. The summed E-state index contributed by atoms with van der Waals surface area (Å²) in [5.74, 6) is 0.954. The third-order valence-corrected chi connectivity index (χ3v) is 7.21. The van der Waals surface area contributed by atoms with Gasteiger partial charge in [0.1, 0.15) is 9.96 Å². The first kappa shape index (κ1) is 21.5. The van der Waals surface area contributed by atoms with Gasteiger partial charge in [0.15, 0.2) is 5.82 Å². The van der Waals surface area contributed by atoms with Crippen LogP contribution < -0.4 is 14.8 Å². The fourth-order valence-electron chi connectivity index (χ4n) is 2.95. The molecule has 0 saturated carbocycles. The van der Waals surface area contributed by atoms with Gasteiger partial charge in [0.05, 0.1) is 19.1 Å². The van der Waals surface area contributed by atoms with E-state index in [9.17, 15) is 13.2 Å². The molecule has 0 aliphatic rings. The number of carbonyl (C=O) groups is 1. The molecule has 2 heterocycles. The van der Waals surface area contributed by atoms with Crippen molar-refractivity contribution in [3.8, 4) is 17.1 Å². The smallest absolute Gasteiger partial charge is 0.271 e. The van der Waals surface area contributed by atoms with Gasteiger partial charge in [-0.1, -0.05) is 30.3 Å². The van der Waals surface area contributed by atoms with Gasteiger partial charge in [0, 0.05) is 5.69 Å². The predicted molar refractivity (Wildman–Crippen MR) is 122 cm³/mol. The zero-order valence-corrected chi connectivity index (χ0v) is 18.5. The zero-order valence-electron chi connectivity index (χ0n) is 16.9. The minimum Gasteiger partial charge on any atom is -0.496 e. The molecule has 11 heteroatoms. The molecule has 4 aromatic rings. The number of carbonyl (C=O) groups excluding carboxylic acids is 1. The van der Waals surface area contributed by atoms with Gasteiger partial charge in [-0.25, -0.2) is 8.42 Å². The summed E-state index contributed by atoms with van der Waals surface area (Å²) < 4.78 is 32.6. The van der Waals surface area contributed by atoms with Gasteiger partial charge >= 0.3 is 0 Å². The number of rotatable bonds is 8. The molecule has 1 amide bonds. The molecule has 0 fully saturated rings. The molecule has 0 saturated heterocycles. The number of aromatic amines is 1. The predicted octanol–water partition coefficient (Wildman–Crippen LogP) is 3.52. The lowest BCUT2D eigenvalue weighted by atomic mass is 10.1. The number of thiophene rings is 1. The Hall–Kier alpha value is -3.70. The first-order chi connectivity index (χ1) is 15.4. The van der Waals surface area contributed by atoms with Crippen LogP contribution in [0.3, 0.4) is 0 Å². The molecule has 0 atom stereocenters. The van der Waals surface area contributed by atoms with Crippen molar-refractivity contribution in [2.45, 2.75) is 10.6 Å². The lowest BCUT2D eigenvalue weighted by Gasteiger charge is -2.07. The topological polar surface area (TPSA) is 126 Å². The molecule has 2 aromatic heterocycles. The number of methoxy groups -OCH3 is 1. The van der Waals surface area contributed by atoms with Crippen molar-refractivity contribution in [3.63, 3.8) is 0 Å². The number of aromatic nitrogens is 3. The summed E-state index contributed by atoms with van der Waals surface area (Å²) in [5.41, 5.74) is 1.85. The number of amides is 1. The van der Waals surface area contributed by atoms with E-state index in [1.54, 1.807) is 48.9 Å². The number of nitrogens with zero attached hydrogens (tertiary/aromatic N) is 2. The molecule has 0 unspecified atom stereocenters. The van der Waals surface area contributed by atoms with E-state index in [-0.39, 0.29) is 22.5 Å². The Labute approximate surface area is 188 Å². The Morgan fingerprint density at radius 1 is 1.09 bits per heavy atom. The Bertz CT molecular complexity index is 1320. The summed E-state index contributed by atoms with van der Waals surface area (Å²) in [4.78, 5) is 16.7. The van der Waals surface area contributed by atoms with E-state index < -0.39 is 10.0 Å². The monoisotopic (exact) mass is 469 g/mol. The number of sulfonamides is 1. The van der Waals surface area contributed by atoms with E-state index in [0.717, 1.165) is 16.9 Å². The quantitative estimate of drug-likeness (QED) is 0.362. The molecule has 0 spiro atoms. The van der Waals surface area contributed by atoms with E-state index in [4.69, 9.17) is 4.74 Å². The fourth-order valence-corrected chi connectivity index (χ4v) is 5.00. The third kappa shape index (κ3) is 4.95. The summed E-state index contributed by atoms with van der Waals surface area (Å²) >= 11 is 1.14. The Balaban J connectivity index is 1.37. The SMILES string of the molecule is COc1ccccc1-c1nc(NC(=O)Cc2ccc(NS(=O)(=O)c3cccs3)cc2)n[nH]1. The molecule has 0 aliphatic carbocycles. The number of nitrogens with one attached hydrogen (secondary N) is 3. The molecule has 0 radical (unpaired) electrons. The molecule has 0 aliphatic heterocycles. The first-order valence-electron chi connectivity index (χ1n) is 9.45. The van der Waals surface area contributed by atoms with Crippen LogP contribution in [0.15, 0.2) is 70.3 Å². The number of H-pyrrole nitrogens is 1. The highest BCUT2D eigenvalue weighted by molar-refractivity contribution is 7.94. The highest BCUT2D eigenvalue weighted by atomic mass is 32.2. The second kappa shape index (κ2) is 9.20. The van der Waals surface area contributed by atoms with E-state index in [0.29, 0.717) is 22.8 Å². The molecular formula is C21H19N5O4S2. The molecule has 32 heavy (non-hydrogen) atoms. The average Bonchev–Trinajstić information content (AvgIpc) is 3.48. The van der Waals surface area contributed by atoms with Crippen molar-refractivity contribution >= 4 is 38.9 Å². The maximum absolute atomic E-state index is 12.4. The summed E-state index contributed by atoms with van der Waals surface area (Å²) in [6, 6.07) is 17.1. The zero-order chi connectivity index (χ0) is 22.6. The van der Waals surface area contributed by atoms with E-state index in [1.807, 2.05) is 18.2 Å². The van der Waals surface area contributed by atoms with Crippen molar-refractivity contribution in [2.75, 3.05) is 17.1 Å². The van der Waals surface area contributed by atoms with Crippen LogP contribution in [-0.4, -0.2) is 36.6 Å². The summed E-state index contributed by atoms with van der Waals surface area (Å²) in [7, 11) is -2.05. The van der Waals surface area contributed by atoms with Gasteiger partial charge in [-0.2, -0.15) is 4.98 Å². The second-order valence-corrected chi connectivity index (χ2v) is 9.52. The minimum atomic E-state index is -3.61. The summed E-state index contributed by atoms with van der Waals surface area (Å²) in [6.45, 7) is 0. The Morgan fingerprint density at radius 2 is 1.88 bits per heavy atom. The van der Waals surface area contributed by atoms with Crippen LogP contribution in [0.25, 0.3) is 11.4 Å². The minimum absolute atomic E-state index is 0.0798. The van der Waals surface area contributed by atoms with Crippen molar-refractivity contribution in [2.24, 2.45) is 0 Å². The van der Waals surface area contributed by atoms with Gasteiger partial charge in [-0.3, -0.25) is 19.9 Å². The number of anilines is 2. The van der Waals surface area contributed by atoms with Crippen LogP contribution in [0.5, 0.6) is 5.75 Å². The van der Waals surface area contributed by atoms with Crippen LogP contribution in [-0.2, 0) is 21.2 Å². The van der Waals surface area contributed by atoms with Gasteiger partial charge in [0.2, 0.25) is 11.9 Å². The van der Waals surface area contributed by atoms with Gasteiger partial charge in [-0.05, 0) is 41.3 Å². The van der Waals surface area contributed by atoms with Crippen LogP contribution in [0, 0.1) is 0 Å². The lowest BCUT2D eigenvalue weighted by molar-refractivity contribution is -0.115. The number of hydrogen-bond acceptors (Lipinski definition) is 7. The number of ether oxygens (including phenoxy) is 1. The molecule has 3 N–H and O–H groups in total. The van der Waals surface area contributed by atoms with E-state index in [2.05, 4.69) is 25.2 Å². The third-order valence-electron chi connectivity index (χ3n) is 4.43. The van der Waals surface area contributed by atoms with Gasteiger partial charge < -0.3 is 4.74 Å². The molecule has 4 rings (SSSR count). The molecule has 164 valence electrons. The fraction of sp³-hybridized carbons (Fsp3) is 0.0952. The lowest BCUT2D eigenvalue weighted by Crippen LogP contribution is -2.15. The summed E-state index contributed by atoms with van der Waals surface area (Å²) in [5, 5.41) is 11.2. The number of para-hydroxylation sites is 1. The first-order valence-corrected chi connectivity index (χ1v) is 11.8. The highest BCUT2D eigenvalue weighted by Crippen LogP contribution is 2.27. The summed E-state index contributed by atoms with van der Waals surface area (Å²) in [6.07, 6.45) is 0.0798. The van der Waals surface area contributed by atoms with Crippen molar-refractivity contribution in [1.29, 1.82) is 0 Å². The van der Waals surface area contributed by atoms with Crippen LogP contribution >= 0.6 is 11.3 Å². The molecule has 2 aromatic carbocycles. The molecular weight excluding hydrogens is 450 g/mol. The van der Waals surface area contributed by atoms with Crippen molar-refractivity contribution in [1.82, 2.24) is 15.2 Å². The van der Waals surface area contributed by atoms with Crippen molar-refractivity contribution < 1.29 is 17.9 Å². The van der Waals surface area contributed by atoms with Gasteiger partial charge in [0.25, 0.3) is 10.0 Å².